The molecule has 0 radical (unpaired) electrons. The molecule has 2 aliphatic rings. The van der Waals surface area contributed by atoms with Crippen molar-refractivity contribution in [1.82, 2.24) is 9.97 Å². The van der Waals surface area contributed by atoms with Gasteiger partial charge in [0.15, 0.2) is 11.6 Å². The normalized spacial score (nSPS) is 25.8. The predicted octanol–water partition coefficient (Wildman–Crippen LogP) is -1.71. The number of aromatic nitrogens is 2. The molecule has 0 aromatic carbocycles. The summed E-state index contributed by atoms with van der Waals surface area (Å²) in [7, 11) is 0. The number of H-pyrrole nitrogens is 1. The molecule has 0 aliphatic carbocycles. The Morgan fingerprint density at radius 3 is 3.06 bits per heavy atom. The number of aliphatic hydroxyl groups excluding tert-OH is 1. The first-order valence-corrected chi connectivity index (χ1v) is 5.59. The van der Waals surface area contributed by atoms with Crippen molar-refractivity contribution in [1.29, 1.82) is 0 Å². The summed E-state index contributed by atoms with van der Waals surface area (Å²) < 4.78 is 0. The fourth-order valence-corrected chi connectivity index (χ4v) is 2.45. The topological polar surface area (TPSA) is 124 Å². The number of aromatic amines is 1. The zero-order valence-electron chi connectivity index (χ0n) is 9.73. The fraction of sp³-hybridized carbons (Fsp3) is 0.500. The second kappa shape index (κ2) is 3.22. The summed E-state index contributed by atoms with van der Waals surface area (Å²) in [6.07, 6.45) is -1.06. The predicted molar refractivity (Wildman–Crippen MR) is 64.5 cm³/mol. The Labute approximate surface area is 102 Å². The minimum Gasteiger partial charge on any atom is -0.386 e. The van der Waals surface area contributed by atoms with Crippen molar-refractivity contribution in [2.45, 2.75) is 18.6 Å². The zero-order valence-corrected chi connectivity index (χ0v) is 9.73. The van der Waals surface area contributed by atoms with Crippen molar-refractivity contribution >= 4 is 23.2 Å². The highest BCUT2D eigenvalue weighted by atomic mass is 16.3. The maximum absolute atomic E-state index is 12.0. The van der Waals surface area contributed by atoms with E-state index in [9.17, 15) is 14.7 Å². The van der Waals surface area contributed by atoms with Gasteiger partial charge in [-0.1, -0.05) is 0 Å². The summed E-state index contributed by atoms with van der Waals surface area (Å²) in [4.78, 5) is 31.8. The standard InChI is InChI=1S/C10H13N5O3/c1-4(16)6(17)10-2-12-7-5(15(10)3-10)8(18)14-9(11)13-7/h4,16H,2-3H2,1H3,(H4,11,12,13,14,18). The Hall–Kier alpha value is -2.09. The average molecular weight is 251 g/mol. The number of hydrogen-bond donors (Lipinski definition) is 4. The largest absolute Gasteiger partial charge is 0.386 e. The number of hydrogen-bond acceptors (Lipinski definition) is 7. The van der Waals surface area contributed by atoms with E-state index in [1.165, 1.54) is 6.92 Å². The molecule has 96 valence electrons. The second-order valence-corrected chi connectivity index (χ2v) is 4.66. The number of carbonyl (C=O) groups is 1. The Balaban J connectivity index is 2.05. The lowest BCUT2D eigenvalue weighted by molar-refractivity contribution is -0.128. The first-order valence-electron chi connectivity index (χ1n) is 5.59. The van der Waals surface area contributed by atoms with Crippen molar-refractivity contribution in [2.75, 3.05) is 29.0 Å². The van der Waals surface area contributed by atoms with E-state index in [-0.39, 0.29) is 17.3 Å². The summed E-state index contributed by atoms with van der Waals surface area (Å²) in [6, 6.07) is 0. The zero-order chi connectivity index (χ0) is 13.1. The van der Waals surface area contributed by atoms with Crippen molar-refractivity contribution < 1.29 is 9.90 Å². The van der Waals surface area contributed by atoms with Crippen LogP contribution in [-0.4, -0.2) is 45.6 Å². The molecule has 2 unspecified atom stereocenters. The van der Waals surface area contributed by atoms with Gasteiger partial charge < -0.3 is 21.1 Å². The van der Waals surface area contributed by atoms with Crippen LogP contribution in [-0.2, 0) is 4.79 Å². The molecular weight excluding hydrogens is 238 g/mol. The molecule has 1 fully saturated rings. The minimum atomic E-state index is -1.06. The van der Waals surface area contributed by atoms with E-state index in [1.54, 1.807) is 4.90 Å². The van der Waals surface area contributed by atoms with Crippen LogP contribution in [0.3, 0.4) is 0 Å². The number of nitrogens with zero attached hydrogens (tertiary/aromatic N) is 2. The molecule has 3 rings (SSSR count). The molecule has 0 saturated carbocycles. The van der Waals surface area contributed by atoms with Crippen LogP contribution >= 0.6 is 0 Å². The highest BCUT2D eigenvalue weighted by Gasteiger charge is 2.62. The molecule has 8 nitrogen and oxygen atoms in total. The Bertz CT molecular complexity index is 596. The molecule has 0 bridgehead atoms. The van der Waals surface area contributed by atoms with Crippen LogP contribution < -0.4 is 21.5 Å². The maximum atomic E-state index is 12.0. The fourth-order valence-electron chi connectivity index (χ4n) is 2.45. The van der Waals surface area contributed by atoms with Crippen molar-refractivity contribution in [3.63, 3.8) is 0 Å². The number of nitrogens with one attached hydrogen (secondary N) is 2. The molecule has 2 aliphatic heterocycles. The third-order valence-corrected chi connectivity index (χ3v) is 3.40. The molecule has 0 amide bonds. The first kappa shape index (κ1) is 11.0. The van der Waals surface area contributed by atoms with Crippen molar-refractivity contribution in [3.8, 4) is 0 Å². The first-order chi connectivity index (χ1) is 8.45. The van der Waals surface area contributed by atoms with Gasteiger partial charge in [0.25, 0.3) is 5.56 Å². The molecule has 8 heteroatoms. The number of aliphatic hydroxyl groups is 1. The molecule has 18 heavy (non-hydrogen) atoms. The van der Waals surface area contributed by atoms with Crippen molar-refractivity contribution in [2.24, 2.45) is 0 Å². The summed E-state index contributed by atoms with van der Waals surface area (Å²) in [5.74, 6) is 0.113. The van der Waals surface area contributed by atoms with Gasteiger partial charge in [0.1, 0.15) is 17.3 Å². The Morgan fingerprint density at radius 2 is 2.39 bits per heavy atom. The number of rotatable bonds is 2. The lowest BCUT2D eigenvalue weighted by atomic mass is 9.99. The van der Waals surface area contributed by atoms with E-state index < -0.39 is 11.6 Å². The summed E-state index contributed by atoms with van der Waals surface area (Å²) in [6.45, 7) is 2.15. The monoisotopic (exact) mass is 251 g/mol. The minimum absolute atomic E-state index is 0.0300. The van der Waals surface area contributed by atoms with Crippen LogP contribution in [0.25, 0.3) is 0 Å². The number of nitrogen functional groups attached to an aromatic ring is 1. The van der Waals surface area contributed by atoms with Crippen LogP contribution in [0, 0.1) is 0 Å². The third kappa shape index (κ3) is 1.26. The smallest absolute Gasteiger partial charge is 0.278 e. The van der Waals surface area contributed by atoms with Gasteiger partial charge in [0.05, 0.1) is 6.54 Å². The molecule has 1 aromatic rings. The van der Waals surface area contributed by atoms with E-state index in [4.69, 9.17) is 5.73 Å². The molecule has 2 atom stereocenters. The lowest BCUT2D eigenvalue weighted by Crippen LogP contribution is -2.46. The Kier molecular flexibility index (Phi) is 1.98. The van der Waals surface area contributed by atoms with Gasteiger partial charge in [-0.2, -0.15) is 4.98 Å². The number of anilines is 3. The lowest BCUT2D eigenvalue weighted by Gasteiger charge is -2.25. The van der Waals surface area contributed by atoms with E-state index in [2.05, 4.69) is 15.3 Å². The van der Waals surface area contributed by atoms with E-state index in [0.717, 1.165) is 0 Å². The van der Waals surface area contributed by atoms with Crippen LogP contribution in [0.1, 0.15) is 6.92 Å². The maximum Gasteiger partial charge on any atom is 0.278 e. The number of Topliss-reactive ketones (excluding diaryl/α,β-unsaturated/α-hetero) is 1. The van der Waals surface area contributed by atoms with E-state index in [0.29, 0.717) is 24.6 Å². The average Bonchev–Trinajstić information content (AvgIpc) is 3.02. The highest BCUT2D eigenvalue weighted by Crippen LogP contribution is 2.44. The van der Waals surface area contributed by atoms with E-state index in [1.807, 2.05) is 0 Å². The number of ketones is 1. The van der Waals surface area contributed by atoms with Gasteiger partial charge in [0.2, 0.25) is 5.95 Å². The number of nitrogens with two attached hydrogens (primary N) is 1. The molecular formula is C10H13N5O3. The van der Waals surface area contributed by atoms with Crippen LogP contribution in [0.15, 0.2) is 4.79 Å². The Morgan fingerprint density at radius 1 is 1.67 bits per heavy atom. The van der Waals surface area contributed by atoms with Gasteiger partial charge in [0, 0.05) is 6.54 Å². The highest BCUT2D eigenvalue weighted by molar-refractivity contribution is 6.03. The quantitative estimate of drug-likeness (QED) is 0.461. The summed E-state index contributed by atoms with van der Waals surface area (Å²) in [5.41, 5.74) is 4.56. The molecule has 1 aromatic heterocycles. The second-order valence-electron chi connectivity index (χ2n) is 4.66. The van der Waals surface area contributed by atoms with Gasteiger partial charge in [-0.15, -0.1) is 0 Å². The van der Waals surface area contributed by atoms with E-state index >= 15 is 0 Å². The number of carbonyl (C=O) groups excluding carboxylic acids is 1. The van der Waals surface area contributed by atoms with Gasteiger partial charge in [-0.05, 0) is 6.92 Å². The SMILES string of the molecule is CC(O)C(=O)C12CNc3nc(N)[nH]c(=O)c3N1C2. The number of fused-ring (bicyclic) bond motifs is 3. The van der Waals surface area contributed by atoms with Crippen LogP contribution in [0.5, 0.6) is 0 Å². The van der Waals surface area contributed by atoms with Crippen LogP contribution in [0.4, 0.5) is 17.5 Å². The molecule has 0 spiro atoms. The summed E-state index contributed by atoms with van der Waals surface area (Å²) in [5, 5.41) is 12.3. The van der Waals surface area contributed by atoms with Crippen LogP contribution in [0.2, 0.25) is 0 Å². The molecule has 1 saturated heterocycles. The molecule has 3 heterocycles. The van der Waals surface area contributed by atoms with Gasteiger partial charge in [-0.25, -0.2) is 0 Å². The third-order valence-electron chi connectivity index (χ3n) is 3.40. The summed E-state index contributed by atoms with van der Waals surface area (Å²) >= 11 is 0. The van der Waals surface area contributed by atoms with Gasteiger partial charge >= 0.3 is 0 Å². The molecule has 5 N–H and O–H groups in total. The van der Waals surface area contributed by atoms with Gasteiger partial charge in [-0.3, -0.25) is 14.6 Å². The van der Waals surface area contributed by atoms with Crippen molar-refractivity contribution in [3.05, 3.63) is 10.4 Å².